The highest BCUT2D eigenvalue weighted by Gasteiger charge is 2.32. The fourth-order valence-electron chi connectivity index (χ4n) is 3.23. The molecule has 0 radical (unpaired) electrons. The number of nitrogens with two attached hydrogens (primary N) is 1. The molecule has 2 fully saturated rings. The van der Waals surface area contributed by atoms with Crippen LogP contribution in [0.2, 0.25) is 0 Å². The molecule has 110 valence electrons. The van der Waals surface area contributed by atoms with Crippen molar-refractivity contribution in [2.45, 2.75) is 31.8 Å². The van der Waals surface area contributed by atoms with Gasteiger partial charge in [-0.2, -0.15) is 0 Å². The highest BCUT2D eigenvalue weighted by atomic mass is 16.2. The van der Waals surface area contributed by atoms with E-state index in [4.69, 9.17) is 5.73 Å². The van der Waals surface area contributed by atoms with E-state index in [1.807, 2.05) is 9.47 Å². The SMILES string of the molecule is NCCn1cnc(C(=O)N2CCC(N3CCCC3)C2)c1. The van der Waals surface area contributed by atoms with E-state index in [0.29, 0.717) is 24.8 Å². The normalized spacial score (nSPS) is 23.6. The largest absolute Gasteiger partial charge is 0.336 e. The molecule has 1 unspecified atom stereocenters. The quantitative estimate of drug-likeness (QED) is 0.851. The van der Waals surface area contributed by atoms with Crippen LogP contribution in [0.25, 0.3) is 0 Å². The fourth-order valence-corrected chi connectivity index (χ4v) is 3.23. The molecule has 0 spiro atoms. The maximum absolute atomic E-state index is 12.4. The lowest BCUT2D eigenvalue weighted by atomic mass is 10.2. The Labute approximate surface area is 119 Å². The molecule has 2 N–H and O–H groups in total. The third kappa shape index (κ3) is 2.71. The van der Waals surface area contributed by atoms with E-state index in [2.05, 4.69) is 9.88 Å². The van der Waals surface area contributed by atoms with Gasteiger partial charge in [0.2, 0.25) is 0 Å². The molecule has 2 saturated heterocycles. The van der Waals surface area contributed by atoms with Crippen molar-refractivity contribution in [1.82, 2.24) is 19.4 Å². The Morgan fingerprint density at radius 2 is 2.15 bits per heavy atom. The first kappa shape index (κ1) is 13.6. The summed E-state index contributed by atoms with van der Waals surface area (Å²) < 4.78 is 1.88. The Balaban J connectivity index is 1.59. The summed E-state index contributed by atoms with van der Waals surface area (Å²) in [5, 5.41) is 0. The predicted octanol–water partition coefficient (Wildman–Crippen LogP) is 0.152. The number of rotatable bonds is 4. The van der Waals surface area contributed by atoms with E-state index < -0.39 is 0 Å². The molecule has 2 aliphatic heterocycles. The van der Waals surface area contributed by atoms with Gasteiger partial charge in [-0.15, -0.1) is 0 Å². The Hall–Kier alpha value is -1.40. The molecule has 3 heterocycles. The molecule has 6 nitrogen and oxygen atoms in total. The van der Waals surface area contributed by atoms with Crippen molar-refractivity contribution >= 4 is 5.91 Å². The molecule has 1 atom stereocenters. The van der Waals surface area contributed by atoms with Gasteiger partial charge < -0.3 is 15.2 Å². The van der Waals surface area contributed by atoms with Crippen LogP contribution in [0, 0.1) is 0 Å². The molecule has 1 amide bonds. The van der Waals surface area contributed by atoms with E-state index in [-0.39, 0.29) is 5.91 Å². The molecular weight excluding hydrogens is 254 g/mol. The van der Waals surface area contributed by atoms with Gasteiger partial charge in [0.25, 0.3) is 5.91 Å². The maximum atomic E-state index is 12.4. The van der Waals surface area contributed by atoms with Gasteiger partial charge in [0.05, 0.1) is 6.33 Å². The van der Waals surface area contributed by atoms with Gasteiger partial charge in [-0.1, -0.05) is 0 Å². The molecule has 2 aliphatic rings. The van der Waals surface area contributed by atoms with Gasteiger partial charge in [-0.3, -0.25) is 9.69 Å². The number of amides is 1. The van der Waals surface area contributed by atoms with Crippen molar-refractivity contribution < 1.29 is 4.79 Å². The van der Waals surface area contributed by atoms with Crippen LogP contribution in [-0.4, -0.2) is 64.0 Å². The van der Waals surface area contributed by atoms with Crippen molar-refractivity contribution in [2.75, 3.05) is 32.7 Å². The number of imidazole rings is 1. The monoisotopic (exact) mass is 277 g/mol. The Kier molecular flexibility index (Phi) is 4.03. The van der Waals surface area contributed by atoms with Crippen molar-refractivity contribution in [3.8, 4) is 0 Å². The standard InChI is InChI=1S/C14H23N5O/c15-4-8-17-10-13(16-11-17)14(20)19-7-3-12(9-19)18-5-1-2-6-18/h10-12H,1-9,15H2. The highest BCUT2D eigenvalue weighted by Crippen LogP contribution is 2.21. The number of aromatic nitrogens is 2. The average molecular weight is 277 g/mol. The van der Waals surface area contributed by atoms with Gasteiger partial charge in [-0.25, -0.2) is 4.98 Å². The molecule has 0 bridgehead atoms. The minimum Gasteiger partial charge on any atom is -0.336 e. The molecule has 0 saturated carbocycles. The van der Waals surface area contributed by atoms with Gasteiger partial charge in [0, 0.05) is 38.4 Å². The summed E-state index contributed by atoms with van der Waals surface area (Å²) in [7, 11) is 0. The number of carbonyl (C=O) groups excluding carboxylic acids is 1. The summed E-state index contributed by atoms with van der Waals surface area (Å²) in [5.74, 6) is 0.0578. The van der Waals surface area contributed by atoms with Crippen LogP contribution in [0.1, 0.15) is 29.8 Å². The summed E-state index contributed by atoms with van der Waals surface area (Å²) in [4.78, 5) is 21.1. The molecule has 1 aromatic rings. The molecule has 3 rings (SSSR count). The fraction of sp³-hybridized carbons (Fsp3) is 0.714. The zero-order valence-electron chi connectivity index (χ0n) is 11.9. The van der Waals surface area contributed by atoms with Crippen LogP contribution in [-0.2, 0) is 6.54 Å². The van der Waals surface area contributed by atoms with Gasteiger partial charge in [-0.05, 0) is 32.4 Å². The van der Waals surface area contributed by atoms with E-state index in [1.54, 1.807) is 12.5 Å². The van der Waals surface area contributed by atoms with E-state index in [0.717, 1.165) is 19.5 Å². The lowest BCUT2D eigenvalue weighted by Gasteiger charge is -2.23. The number of hydrogen-bond acceptors (Lipinski definition) is 4. The molecule has 1 aromatic heterocycles. The number of hydrogen-bond donors (Lipinski definition) is 1. The predicted molar refractivity (Wildman–Crippen MR) is 76.4 cm³/mol. The maximum Gasteiger partial charge on any atom is 0.274 e. The minimum absolute atomic E-state index is 0.0578. The zero-order valence-corrected chi connectivity index (χ0v) is 11.9. The highest BCUT2D eigenvalue weighted by molar-refractivity contribution is 5.92. The van der Waals surface area contributed by atoms with Crippen LogP contribution in [0.3, 0.4) is 0 Å². The topological polar surface area (TPSA) is 67.4 Å². The smallest absolute Gasteiger partial charge is 0.274 e. The van der Waals surface area contributed by atoms with Crippen LogP contribution >= 0.6 is 0 Å². The molecule has 0 aromatic carbocycles. The van der Waals surface area contributed by atoms with E-state index in [9.17, 15) is 4.79 Å². The zero-order chi connectivity index (χ0) is 13.9. The molecule has 0 aliphatic carbocycles. The molecule has 20 heavy (non-hydrogen) atoms. The Bertz CT molecular complexity index is 466. The van der Waals surface area contributed by atoms with E-state index >= 15 is 0 Å². The summed E-state index contributed by atoms with van der Waals surface area (Å²) >= 11 is 0. The van der Waals surface area contributed by atoms with Crippen molar-refractivity contribution in [1.29, 1.82) is 0 Å². The van der Waals surface area contributed by atoms with Crippen LogP contribution in [0.5, 0.6) is 0 Å². The number of likely N-dealkylation sites (tertiary alicyclic amines) is 2. The second-order valence-corrected chi connectivity index (χ2v) is 5.72. The van der Waals surface area contributed by atoms with Crippen molar-refractivity contribution in [3.05, 3.63) is 18.2 Å². The lowest BCUT2D eigenvalue weighted by molar-refractivity contribution is 0.0774. The molecular formula is C14H23N5O. The number of carbonyl (C=O) groups is 1. The van der Waals surface area contributed by atoms with Crippen molar-refractivity contribution in [3.63, 3.8) is 0 Å². The average Bonchev–Trinajstić information content (AvgIpc) is 3.19. The Morgan fingerprint density at radius 1 is 1.35 bits per heavy atom. The van der Waals surface area contributed by atoms with Gasteiger partial charge in [0.1, 0.15) is 5.69 Å². The summed E-state index contributed by atoms with van der Waals surface area (Å²) in [6.07, 6.45) is 7.18. The first-order chi connectivity index (χ1) is 9.78. The number of nitrogens with zero attached hydrogens (tertiary/aromatic N) is 4. The Morgan fingerprint density at radius 3 is 2.90 bits per heavy atom. The molecule has 6 heteroatoms. The first-order valence-corrected chi connectivity index (χ1v) is 7.53. The van der Waals surface area contributed by atoms with Gasteiger partial charge >= 0.3 is 0 Å². The minimum atomic E-state index is 0.0578. The summed E-state index contributed by atoms with van der Waals surface area (Å²) in [5.41, 5.74) is 6.05. The van der Waals surface area contributed by atoms with Crippen molar-refractivity contribution in [2.24, 2.45) is 5.73 Å². The second-order valence-electron chi connectivity index (χ2n) is 5.72. The van der Waals surface area contributed by atoms with Crippen LogP contribution in [0.15, 0.2) is 12.5 Å². The first-order valence-electron chi connectivity index (χ1n) is 7.53. The van der Waals surface area contributed by atoms with E-state index in [1.165, 1.54) is 25.9 Å². The van der Waals surface area contributed by atoms with Gasteiger partial charge in [0.15, 0.2) is 0 Å². The summed E-state index contributed by atoms with van der Waals surface area (Å²) in [6.45, 7) is 5.35. The summed E-state index contributed by atoms with van der Waals surface area (Å²) in [6, 6.07) is 0.549. The second kappa shape index (κ2) is 5.93. The van der Waals surface area contributed by atoms with Crippen LogP contribution < -0.4 is 5.73 Å². The third-order valence-electron chi connectivity index (χ3n) is 4.35. The van der Waals surface area contributed by atoms with Crippen LogP contribution in [0.4, 0.5) is 0 Å². The third-order valence-corrected chi connectivity index (χ3v) is 4.35. The lowest BCUT2D eigenvalue weighted by Crippen LogP contribution is -2.37.